The molecule has 1 amide bonds. The number of rotatable bonds is 5. The maximum Gasteiger partial charge on any atom is 0.282 e. The van der Waals surface area contributed by atoms with Gasteiger partial charge in [0.15, 0.2) is 0 Å². The van der Waals surface area contributed by atoms with E-state index in [1.165, 1.54) is 0 Å². The van der Waals surface area contributed by atoms with Crippen LogP contribution >= 0.6 is 11.6 Å². The van der Waals surface area contributed by atoms with E-state index in [9.17, 15) is 17.6 Å². The summed E-state index contributed by atoms with van der Waals surface area (Å²) in [5.41, 5.74) is 1.30. The highest BCUT2D eigenvalue weighted by Gasteiger charge is 2.23. The molecule has 6 nitrogen and oxygen atoms in total. The predicted molar refractivity (Wildman–Crippen MR) is 116 cm³/mol. The van der Waals surface area contributed by atoms with Crippen LogP contribution in [0.3, 0.4) is 0 Å². The van der Waals surface area contributed by atoms with Crippen molar-refractivity contribution in [3.8, 4) is 0 Å². The smallest absolute Gasteiger partial charge is 0.282 e. The summed E-state index contributed by atoms with van der Waals surface area (Å²) in [7, 11) is -4.13. The Morgan fingerprint density at radius 2 is 1.90 bits per heavy atom. The van der Waals surface area contributed by atoms with E-state index in [0.29, 0.717) is 16.8 Å². The van der Waals surface area contributed by atoms with Gasteiger partial charge < -0.3 is 10.6 Å². The molecule has 0 aromatic heterocycles. The van der Waals surface area contributed by atoms with E-state index in [0.717, 1.165) is 38.1 Å². The molecule has 9 heteroatoms. The highest BCUT2D eigenvalue weighted by Crippen LogP contribution is 2.30. The van der Waals surface area contributed by atoms with Crippen LogP contribution in [0, 0.1) is 18.7 Å². The molecule has 0 saturated carbocycles. The number of nitrogens with zero attached hydrogens (tertiary/aromatic N) is 1. The minimum Gasteiger partial charge on any atom is -0.318 e. The molecular weight excluding hydrogens is 429 g/mol. The van der Waals surface area contributed by atoms with Gasteiger partial charge in [-0.2, -0.15) is 12.8 Å². The minimum absolute atomic E-state index is 0.0639. The van der Waals surface area contributed by atoms with Crippen LogP contribution in [0.15, 0.2) is 45.7 Å². The number of amides is 1. The average molecular weight is 452 g/mol. The van der Waals surface area contributed by atoms with Crippen LogP contribution < -0.4 is 10.6 Å². The Kier molecular flexibility index (Phi) is 6.90. The highest BCUT2D eigenvalue weighted by molar-refractivity contribution is 7.90. The third-order valence-corrected chi connectivity index (χ3v) is 6.79. The van der Waals surface area contributed by atoms with E-state index >= 15 is 0 Å². The summed E-state index contributed by atoms with van der Waals surface area (Å²) in [4.78, 5) is 12.1. The quantitative estimate of drug-likeness (QED) is 0.667. The third kappa shape index (κ3) is 5.06. The van der Waals surface area contributed by atoms with Gasteiger partial charge in [-0.05, 0) is 63.5 Å². The van der Waals surface area contributed by atoms with Crippen molar-refractivity contribution in [3.63, 3.8) is 0 Å². The van der Waals surface area contributed by atoms with Crippen molar-refractivity contribution < 1.29 is 17.6 Å². The van der Waals surface area contributed by atoms with E-state index in [4.69, 9.17) is 11.6 Å². The lowest BCUT2D eigenvalue weighted by atomic mass is 9.94. The SMILES string of the molecule is CC(=NS(=O)(=O)c1cc(F)c(NC(=O)c2ccccc2C)c(Cl)c1)C1CCNCC1. The Balaban J connectivity index is 1.86. The van der Waals surface area contributed by atoms with Crippen LogP contribution in [-0.2, 0) is 10.0 Å². The van der Waals surface area contributed by atoms with Crippen molar-refractivity contribution in [2.45, 2.75) is 31.6 Å². The second-order valence-corrected chi connectivity index (χ2v) is 9.27. The number of sulfonamides is 1. The first kappa shape index (κ1) is 22.4. The van der Waals surface area contributed by atoms with Gasteiger partial charge in [0.25, 0.3) is 15.9 Å². The fourth-order valence-corrected chi connectivity index (χ4v) is 4.86. The van der Waals surface area contributed by atoms with Crippen molar-refractivity contribution in [3.05, 3.63) is 58.4 Å². The summed E-state index contributed by atoms with van der Waals surface area (Å²) >= 11 is 6.12. The summed E-state index contributed by atoms with van der Waals surface area (Å²) in [6.07, 6.45) is 1.59. The number of hydrogen-bond acceptors (Lipinski definition) is 4. The largest absolute Gasteiger partial charge is 0.318 e. The fraction of sp³-hybridized carbons (Fsp3) is 0.333. The lowest BCUT2D eigenvalue weighted by Crippen LogP contribution is -2.31. The molecule has 0 atom stereocenters. The maximum atomic E-state index is 14.7. The summed E-state index contributed by atoms with van der Waals surface area (Å²) in [5.74, 6) is -1.42. The number of anilines is 1. The number of aryl methyl sites for hydroxylation is 1. The van der Waals surface area contributed by atoms with Crippen molar-refractivity contribution in [2.75, 3.05) is 18.4 Å². The number of carbonyl (C=O) groups excluding carboxylic acids is 1. The number of piperidine rings is 1. The van der Waals surface area contributed by atoms with E-state index < -0.39 is 21.7 Å². The van der Waals surface area contributed by atoms with Crippen molar-refractivity contribution in [1.29, 1.82) is 0 Å². The molecule has 2 aromatic carbocycles. The van der Waals surface area contributed by atoms with E-state index in [1.807, 2.05) is 0 Å². The molecular formula is C21H23ClFN3O3S. The molecule has 0 aliphatic carbocycles. The molecule has 30 heavy (non-hydrogen) atoms. The van der Waals surface area contributed by atoms with Crippen LogP contribution in [0.2, 0.25) is 5.02 Å². The van der Waals surface area contributed by atoms with Crippen LogP contribution in [0.1, 0.15) is 35.7 Å². The normalized spacial score (nSPS) is 15.8. The molecule has 2 aromatic rings. The Bertz CT molecular complexity index is 1070. The molecule has 1 aliphatic heterocycles. The fourth-order valence-electron chi connectivity index (χ4n) is 3.38. The first-order valence-corrected chi connectivity index (χ1v) is 11.4. The van der Waals surface area contributed by atoms with E-state index in [-0.39, 0.29) is 21.5 Å². The van der Waals surface area contributed by atoms with Gasteiger partial charge in [-0.1, -0.05) is 29.8 Å². The number of hydrogen-bond donors (Lipinski definition) is 2. The van der Waals surface area contributed by atoms with Gasteiger partial charge in [-0.25, -0.2) is 4.39 Å². The Morgan fingerprint density at radius 1 is 1.23 bits per heavy atom. The van der Waals surface area contributed by atoms with E-state index in [1.54, 1.807) is 38.1 Å². The average Bonchev–Trinajstić information content (AvgIpc) is 2.71. The van der Waals surface area contributed by atoms with Crippen LogP contribution in [0.25, 0.3) is 0 Å². The predicted octanol–water partition coefficient (Wildman–Crippen LogP) is 4.19. The van der Waals surface area contributed by atoms with Gasteiger partial charge >= 0.3 is 0 Å². The zero-order chi connectivity index (χ0) is 21.9. The molecule has 160 valence electrons. The zero-order valence-electron chi connectivity index (χ0n) is 16.7. The lowest BCUT2D eigenvalue weighted by molar-refractivity contribution is 0.102. The second-order valence-electron chi connectivity index (χ2n) is 7.26. The van der Waals surface area contributed by atoms with Gasteiger partial charge in [0.1, 0.15) is 5.82 Å². The lowest BCUT2D eigenvalue weighted by Gasteiger charge is -2.22. The second kappa shape index (κ2) is 9.24. The molecule has 1 fully saturated rings. The molecule has 0 radical (unpaired) electrons. The Labute approximate surface area is 180 Å². The van der Waals surface area contributed by atoms with Crippen LogP contribution in [-0.4, -0.2) is 33.1 Å². The summed E-state index contributed by atoms with van der Waals surface area (Å²) in [6.45, 7) is 5.02. The molecule has 0 unspecified atom stereocenters. The first-order chi connectivity index (χ1) is 14.2. The molecule has 1 aliphatic rings. The monoisotopic (exact) mass is 451 g/mol. The zero-order valence-corrected chi connectivity index (χ0v) is 18.3. The Morgan fingerprint density at radius 3 is 2.53 bits per heavy atom. The molecule has 0 bridgehead atoms. The third-order valence-electron chi connectivity index (χ3n) is 5.14. The van der Waals surface area contributed by atoms with Crippen molar-refractivity contribution in [2.24, 2.45) is 10.3 Å². The van der Waals surface area contributed by atoms with Crippen LogP contribution in [0.4, 0.5) is 10.1 Å². The topological polar surface area (TPSA) is 87.6 Å². The number of carbonyl (C=O) groups is 1. The standard InChI is InChI=1S/C21H23ClFN3O3S/c1-13-5-3-4-6-17(13)21(27)25-20-18(22)11-16(12-19(20)23)30(28,29)26-14(2)15-7-9-24-10-8-15/h3-6,11-12,15,24H,7-10H2,1-2H3,(H,25,27). The van der Waals surface area contributed by atoms with Gasteiger partial charge in [-0.3, -0.25) is 4.79 Å². The van der Waals surface area contributed by atoms with Crippen LogP contribution in [0.5, 0.6) is 0 Å². The van der Waals surface area contributed by atoms with Gasteiger partial charge in [0.2, 0.25) is 0 Å². The molecule has 0 spiro atoms. The minimum atomic E-state index is -4.13. The van der Waals surface area contributed by atoms with Crippen molar-refractivity contribution >= 4 is 38.9 Å². The summed E-state index contributed by atoms with van der Waals surface area (Å²) in [5, 5.41) is 5.42. The maximum absolute atomic E-state index is 14.7. The molecule has 1 saturated heterocycles. The Hall–Kier alpha value is -2.29. The van der Waals surface area contributed by atoms with Gasteiger partial charge in [-0.15, -0.1) is 0 Å². The molecule has 2 N–H and O–H groups in total. The molecule has 1 heterocycles. The summed E-state index contributed by atoms with van der Waals surface area (Å²) < 4.78 is 43.9. The number of halogens is 2. The summed E-state index contributed by atoms with van der Waals surface area (Å²) in [6, 6.07) is 8.77. The first-order valence-electron chi connectivity index (χ1n) is 9.57. The number of nitrogens with one attached hydrogen (secondary N) is 2. The van der Waals surface area contributed by atoms with E-state index in [2.05, 4.69) is 15.0 Å². The van der Waals surface area contributed by atoms with Crippen molar-refractivity contribution in [1.82, 2.24) is 5.32 Å². The van der Waals surface area contributed by atoms with Gasteiger partial charge in [0, 0.05) is 17.2 Å². The highest BCUT2D eigenvalue weighted by atomic mass is 35.5. The molecule has 3 rings (SSSR count). The van der Waals surface area contributed by atoms with Gasteiger partial charge in [0.05, 0.1) is 15.6 Å². The number of benzene rings is 2.